The fourth-order valence-electron chi connectivity index (χ4n) is 25.8. The van der Waals surface area contributed by atoms with Crippen molar-refractivity contribution in [2.45, 2.75) is 57.8 Å². The first-order valence-electron chi connectivity index (χ1n) is 49.5. The van der Waals surface area contributed by atoms with Gasteiger partial charge in [-0.1, -0.05) is 460 Å². The predicted molar refractivity (Wildman–Crippen MR) is 600 cm³/mol. The van der Waals surface area contributed by atoms with E-state index in [1.165, 1.54) is 252 Å². The second-order valence-corrected chi connectivity index (χ2v) is 40.4. The van der Waals surface area contributed by atoms with Crippen molar-refractivity contribution in [1.82, 2.24) is 0 Å². The number of para-hydroxylation sites is 2. The van der Waals surface area contributed by atoms with Crippen LogP contribution in [0.2, 0.25) is 0 Å². The lowest BCUT2D eigenvalue weighted by Crippen LogP contribution is -2.15. The molecule has 2 aromatic heterocycles. The van der Waals surface area contributed by atoms with Crippen molar-refractivity contribution in [2.75, 3.05) is 0 Å². The summed E-state index contributed by atoms with van der Waals surface area (Å²) in [5.41, 5.74) is 37.7. The normalized spacial score (nSPS) is 13.5. The molecule has 0 bridgehead atoms. The fraction of sp³-hybridized carbons (Fsp3) is 0.0647. The predicted octanol–water partition coefficient (Wildman–Crippen LogP) is 39.0. The van der Waals surface area contributed by atoms with Crippen molar-refractivity contribution in [2.24, 2.45) is 0 Å². The van der Waals surface area contributed by atoms with Gasteiger partial charge in [0.05, 0.1) is 0 Å². The highest BCUT2D eigenvalue weighted by molar-refractivity contribution is 6.28. The molecule has 27 aromatic rings. The zero-order valence-corrected chi connectivity index (χ0v) is 79.2. The molecular weight excluding hydrogens is 1700 g/mol. The van der Waals surface area contributed by atoms with Crippen LogP contribution in [-0.2, 0) is 16.2 Å². The Balaban J connectivity index is 0.000000104. The molecule has 0 spiro atoms. The van der Waals surface area contributed by atoms with E-state index in [0.29, 0.717) is 0 Å². The second kappa shape index (κ2) is 31.4. The topological polar surface area (TPSA) is 26.3 Å². The summed E-state index contributed by atoms with van der Waals surface area (Å²) in [7, 11) is 0. The number of benzene rings is 25. The zero-order valence-electron chi connectivity index (χ0n) is 79.2. The minimum atomic E-state index is -0.132. The zero-order chi connectivity index (χ0) is 93.8. The molecular formula is C139H94O2. The lowest BCUT2D eigenvalue weighted by atomic mass is 9.79. The van der Waals surface area contributed by atoms with E-state index in [0.717, 1.165) is 43.9 Å². The van der Waals surface area contributed by atoms with Crippen LogP contribution < -0.4 is 0 Å². The van der Waals surface area contributed by atoms with E-state index in [1.54, 1.807) is 0 Å². The Hall–Kier alpha value is -17.3. The molecule has 2 nitrogen and oxygen atoms in total. The summed E-state index contributed by atoms with van der Waals surface area (Å²) in [6.45, 7) is 14.4. The third-order valence-corrected chi connectivity index (χ3v) is 31.9. The maximum atomic E-state index is 6.22. The first-order valence-corrected chi connectivity index (χ1v) is 49.5. The molecule has 0 radical (unpaired) electrons. The Bertz CT molecular complexity index is 9890. The van der Waals surface area contributed by atoms with E-state index in [2.05, 4.69) is 484 Å². The molecule has 662 valence electrons. The van der Waals surface area contributed by atoms with Crippen LogP contribution in [0.3, 0.4) is 0 Å². The summed E-state index contributed by atoms with van der Waals surface area (Å²) >= 11 is 0. The monoisotopic (exact) mass is 1790 g/mol. The van der Waals surface area contributed by atoms with Crippen LogP contribution in [0.25, 0.3) is 263 Å². The van der Waals surface area contributed by atoms with Gasteiger partial charge >= 0.3 is 0 Å². The molecule has 0 amide bonds. The van der Waals surface area contributed by atoms with Crippen molar-refractivity contribution in [3.8, 4) is 111 Å². The van der Waals surface area contributed by atoms with Gasteiger partial charge in [0.25, 0.3) is 0 Å². The van der Waals surface area contributed by atoms with Gasteiger partial charge in [0.2, 0.25) is 0 Å². The Morgan fingerprint density at radius 1 is 0.135 bits per heavy atom. The van der Waals surface area contributed by atoms with Gasteiger partial charge in [0.15, 0.2) is 0 Å². The number of hydrogen-bond donors (Lipinski definition) is 0. The van der Waals surface area contributed by atoms with Crippen molar-refractivity contribution >= 4 is 152 Å². The fourth-order valence-corrected chi connectivity index (χ4v) is 25.8. The van der Waals surface area contributed by atoms with Crippen molar-refractivity contribution < 1.29 is 8.83 Å². The highest BCUT2D eigenvalue weighted by atomic mass is 16.3. The molecule has 0 atom stereocenters. The summed E-state index contributed by atoms with van der Waals surface area (Å²) < 4.78 is 12.4. The molecule has 0 saturated heterocycles. The molecule has 30 rings (SSSR count). The lowest BCUT2D eigenvalue weighted by Gasteiger charge is -2.24. The van der Waals surface area contributed by atoms with Crippen LogP contribution in [0, 0.1) is 0 Å². The minimum absolute atomic E-state index is 0.0990. The average Bonchev–Trinajstić information content (AvgIpc) is 1.58. The molecule has 0 saturated carbocycles. The smallest absolute Gasteiger partial charge is 0.135 e. The molecule has 141 heavy (non-hydrogen) atoms. The van der Waals surface area contributed by atoms with Crippen LogP contribution >= 0.6 is 0 Å². The molecule has 2 heteroatoms. The Morgan fingerprint density at radius 3 is 0.738 bits per heavy atom. The Kier molecular flexibility index (Phi) is 18.2. The van der Waals surface area contributed by atoms with Crippen molar-refractivity contribution in [1.29, 1.82) is 0 Å². The highest BCUT2D eigenvalue weighted by Crippen LogP contribution is 2.62. The largest absolute Gasteiger partial charge is 0.456 e. The number of rotatable bonds is 7. The molecule has 0 N–H and O–H groups in total. The quantitative estimate of drug-likeness (QED) is 0.149. The maximum Gasteiger partial charge on any atom is 0.135 e. The van der Waals surface area contributed by atoms with Gasteiger partial charge in [-0.25, -0.2) is 0 Å². The van der Waals surface area contributed by atoms with E-state index in [9.17, 15) is 0 Å². The van der Waals surface area contributed by atoms with Gasteiger partial charge in [-0.05, 0) is 295 Å². The van der Waals surface area contributed by atoms with E-state index < -0.39 is 0 Å². The van der Waals surface area contributed by atoms with Gasteiger partial charge < -0.3 is 8.83 Å². The summed E-state index contributed by atoms with van der Waals surface area (Å²) in [5, 5.41) is 30.4. The van der Waals surface area contributed by atoms with Crippen molar-refractivity contribution in [3.63, 3.8) is 0 Å². The van der Waals surface area contributed by atoms with Gasteiger partial charge in [0, 0.05) is 37.8 Å². The SMILES string of the molecule is CC1(C)c2cccc(-c3c4ccccc4c(-c4ccc5ccccc5c4)c4ccccc34)c2-c2ccc3ccccc3c21.CC1(C)c2cccc(-c3c4ccccc4c(-c4ccc5oc6ccccc6c5c4)c4ccccc34)c2-c2ccc3ccccc3c21.CC1(C)c2cccc(-c3c4ccccc4c(-c4ccccc4-c4ccc5oc6ccccc6c5c4)c4ccccc34)c2-c2ccc3ccccc3c21. The third-order valence-electron chi connectivity index (χ3n) is 31.9. The molecule has 0 fully saturated rings. The van der Waals surface area contributed by atoms with E-state index in [-0.39, 0.29) is 16.2 Å². The number of fused-ring (bicyclic) bond motifs is 28. The first-order chi connectivity index (χ1) is 69.3. The van der Waals surface area contributed by atoms with Crippen LogP contribution in [0.15, 0.2) is 470 Å². The summed E-state index contributed by atoms with van der Waals surface area (Å²) in [5.74, 6) is 0. The summed E-state index contributed by atoms with van der Waals surface area (Å²) in [4.78, 5) is 0. The Morgan fingerprint density at radius 2 is 0.376 bits per heavy atom. The van der Waals surface area contributed by atoms with Gasteiger partial charge in [-0.2, -0.15) is 0 Å². The molecule has 3 aliphatic rings. The van der Waals surface area contributed by atoms with Gasteiger partial charge in [-0.15, -0.1) is 0 Å². The van der Waals surface area contributed by atoms with Crippen LogP contribution in [-0.4, -0.2) is 0 Å². The highest BCUT2D eigenvalue weighted by Gasteiger charge is 2.43. The number of hydrogen-bond acceptors (Lipinski definition) is 2. The lowest BCUT2D eigenvalue weighted by molar-refractivity contribution is 0.666. The standard InChI is InChI=1S/C51H34O.C45H30O.C43H30/c1-51(2)44-24-13-23-41(49(44)42-28-26-31-14-3-4-16-34(31)50(42)51)48-39-21-9-7-19-37(39)47(38-20-8-10-22-40(38)48)36-18-6-5-15-33(36)32-27-29-46-43(30-32)35-17-11-12-25-45(35)52-46;1-45(2)38-20-11-19-35(43(38)36-24-22-27-12-3-4-13-29(27)44(36)45)42-33-17-7-5-15-31(33)41(32-16-6-8-18-34(32)42)28-23-25-40-37(26-28)30-14-9-10-21-39(30)46-40;1-43(2)38-21-11-20-36(41(38)37-25-24-28-13-5-6-15-31(28)42(37)43)40-34-18-9-7-16-32(34)39(33-17-8-10-19-35(33)40)30-23-22-27-12-3-4-14-29(27)26-30/h3-30H,1-2H3;3-26H,1-2H3;3-26H,1-2H3. The molecule has 3 aliphatic carbocycles. The third kappa shape index (κ3) is 12.3. The van der Waals surface area contributed by atoms with Crippen LogP contribution in [0.1, 0.15) is 74.9 Å². The molecule has 0 aliphatic heterocycles. The van der Waals surface area contributed by atoms with E-state index in [4.69, 9.17) is 8.83 Å². The van der Waals surface area contributed by atoms with Gasteiger partial charge in [0.1, 0.15) is 22.3 Å². The molecule has 0 unspecified atom stereocenters. The second-order valence-electron chi connectivity index (χ2n) is 40.4. The first kappa shape index (κ1) is 82.0. The van der Waals surface area contributed by atoms with Crippen LogP contribution in [0.5, 0.6) is 0 Å². The Labute approximate surface area is 818 Å². The van der Waals surface area contributed by atoms with Crippen LogP contribution in [0.4, 0.5) is 0 Å². The molecule has 25 aromatic carbocycles. The average molecular weight is 1800 g/mol. The van der Waals surface area contributed by atoms with Gasteiger partial charge in [-0.3, -0.25) is 0 Å². The number of furan rings is 2. The molecule has 2 heterocycles. The summed E-state index contributed by atoms with van der Waals surface area (Å²) in [6.07, 6.45) is 0. The van der Waals surface area contributed by atoms with E-state index in [1.807, 2.05) is 18.2 Å². The van der Waals surface area contributed by atoms with Crippen molar-refractivity contribution in [3.05, 3.63) is 494 Å². The maximum absolute atomic E-state index is 6.22. The minimum Gasteiger partial charge on any atom is -0.456 e. The van der Waals surface area contributed by atoms with E-state index >= 15 is 0 Å². The summed E-state index contributed by atoms with van der Waals surface area (Å²) in [6, 6.07) is 170.